The first kappa shape index (κ1) is 12.7. The molecule has 1 fully saturated rings. The molecule has 0 bridgehead atoms. The van der Waals surface area contributed by atoms with Gasteiger partial charge in [0.25, 0.3) is 0 Å². The summed E-state index contributed by atoms with van der Waals surface area (Å²) < 4.78 is 0. The van der Waals surface area contributed by atoms with Gasteiger partial charge in [0.2, 0.25) is 11.8 Å². The molecule has 0 aromatic carbocycles. The van der Waals surface area contributed by atoms with Crippen LogP contribution in [0.15, 0.2) is 12.1 Å². The van der Waals surface area contributed by atoms with Crippen LogP contribution in [0, 0.1) is 0 Å². The number of piperidine rings is 1. The molecule has 1 aromatic rings. The minimum Gasteiger partial charge on any atom is -0.477 e. The zero-order chi connectivity index (χ0) is 13.1. The van der Waals surface area contributed by atoms with Gasteiger partial charge in [0.15, 0.2) is 0 Å². The van der Waals surface area contributed by atoms with E-state index in [0.717, 1.165) is 4.88 Å². The molecule has 3 N–H and O–H groups in total. The van der Waals surface area contributed by atoms with Gasteiger partial charge in [-0.1, -0.05) is 0 Å². The minimum absolute atomic E-state index is 0.248. The molecule has 1 unspecified atom stereocenters. The second-order valence-electron chi connectivity index (χ2n) is 3.96. The van der Waals surface area contributed by atoms with Crippen molar-refractivity contribution in [3.63, 3.8) is 0 Å². The zero-order valence-electron chi connectivity index (χ0n) is 9.43. The Hall–Kier alpha value is -1.73. The van der Waals surface area contributed by atoms with Gasteiger partial charge in [-0.3, -0.25) is 14.9 Å². The van der Waals surface area contributed by atoms with E-state index in [0.29, 0.717) is 19.4 Å². The Balaban J connectivity index is 1.89. The Morgan fingerprint density at radius 1 is 1.50 bits per heavy atom. The lowest BCUT2D eigenvalue weighted by atomic mass is 10.1. The minimum atomic E-state index is -0.952. The lowest BCUT2D eigenvalue weighted by Crippen LogP contribution is -2.50. The molecular formula is C11H12N2O4S. The van der Waals surface area contributed by atoms with Gasteiger partial charge in [-0.2, -0.15) is 0 Å². The molecule has 0 radical (unpaired) electrons. The van der Waals surface area contributed by atoms with Crippen LogP contribution in [0.5, 0.6) is 0 Å². The van der Waals surface area contributed by atoms with E-state index in [4.69, 9.17) is 5.11 Å². The van der Waals surface area contributed by atoms with Crippen molar-refractivity contribution in [2.24, 2.45) is 0 Å². The van der Waals surface area contributed by atoms with E-state index in [9.17, 15) is 14.4 Å². The van der Waals surface area contributed by atoms with Crippen LogP contribution in [-0.2, 0) is 16.1 Å². The van der Waals surface area contributed by atoms with Crippen LogP contribution >= 0.6 is 11.3 Å². The van der Waals surface area contributed by atoms with Crippen LogP contribution in [0.3, 0.4) is 0 Å². The Kier molecular flexibility index (Phi) is 3.73. The van der Waals surface area contributed by atoms with Gasteiger partial charge in [-0.05, 0) is 18.6 Å². The number of carbonyl (C=O) groups excluding carboxylic acids is 2. The van der Waals surface area contributed by atoms with Crippen LogP contribution in [0.4, 0.5) is 0 Å². The molecule has 1 aliphatic heterocycles. The van der Waals surface area contributed by atoms with Crippen LogP contribution in [0.1, 0.15) is 27.4 Å². The van der Waals surface area contributed by atoms with Gasteiger partial charge >= 0.3 is 5.97 Å². The number of rotatable bonds is 4. The van der Waals surface area contributed by atoms with E-state index in [-0.39, 0.29) is 16.7 Å². The second kappa shape index (κ2) is 5.28. The van der Waals surface area contributed by atoms with E-state index < -0.39 is 12.0 Å². The third-order valence-corrected chi connectivity index (χ3v) is 3.71. The van der Waals surface area contributed by atoms with E-state index in [1.807, 2.05) is 0 Å². The number of amides is 2. The SMILES string of the molecule is O=C1CCC(NCc2ccc(C(=O)O)s2)C(=O)N1. The van der Waals surface area contributed by atoms with Crippen LogP contribution in [0.25, 0.3) is 0 Å². The predicted molar refractivity (Wildman–Crippen MR) is 64.3 cm³/mol. The summed E-state index contributed by atoms with van der Waals surface area (Å²) in [6.07, 6.45) is 0.802. The highest BCUT2D eigenvalue weighted by Crippen LogP contribution is 2.16. The van der Waals surface area contributed by atoms with E-state index in [1.165, 1.54) is 17.4 Å². The van der Waals surface area contributed by atoms with Gasteiger partial charge < -0.3 is 10.4 Å². The van der Waals surface area contributed by atoms with Crippen LogP contribution < -0.4 is 10.6 Å². The van der Waals surface area contributed by atoms with Crippen molar-refractivity contribution in [1.82, 2.24) is 10.6 Å². The van der Waals surface area contributed by atoms with Crippen LogP contribution in [-0.4, -0.2) is 28.9 Å². The molecule has 1 aliphatic rings. The summed E-state index contributed by atoms with van der Waals surface area (Å²) >= 11 is 1.17. The molecule has 0 saturated carbocycles. The quantitative estimate of drug-likeness (QED) is 0.684. The molecule has 18 heavy (non-hydrogen) atoms. The molecule has 6 nitrogen and oxygen atoms in total. The van der Waals surface area contributed by atoms with Crippen molar-refractivity contribution >= 4 is 29.1 Å². The molecule has 7 heteroatoms. The van der Waals surface area contributed by atoms with E-state index >= 15 is 0 Å². The van der Waals surface area contributed by atoms with Gasteiger partial charge in [0.1, 0.15) is 4.88 Å². The van der Waals surface area contributed by atoms with Crippen molar-refractivity contribution in [2.45, 2.75) is 25.4 Å². The van der Waals surface area contributed by atoms with Crippen molar-refractivity contribution < 1.29 is 19.5 Å². The first-order chi connectivity index (χ1) is 8.56. The second-order valence-corrected chi connectivity index (χ2v) is 5.12. The molecule has 1 saturated heterocycles. The number of carboxylic acids is 1. The molecule has 2 rings (SSSR count). The summed E-state index contributed by atoms with van der Waals surface area (Å²) in [6.45, 7) is 0.421. The number of thiophene rings is 1. The maximum atomic E-state index is 11.5. The Labute approximate surface area is 107 Å². The summed E-state index contributed by atoms with van der Waals surface area (Å²) in [5.41, 5.74) is 0. The third-order valence-electron chi connectivity index (χ3n) is 2.63. The van der Waals surface area contributed by atoms with Gasteiger partial charge in [-0.15, -0.1) is 11.3 Å². The average molecular weight is 268 g/mol. The fourth-order valence-corrected chi connectivity index (χ4v) is 2.50. The Morgan fingerprint density at radius 2 is 2.28 bits per heavy atom. The van der Waals surface area contributed by atoms with Crippen molar-refractivity contribution in [2.75, 3.05) is 0 Å². The van der Waals surface area contributed by atoms with Crippen molar-refractivity contribution in [1.29, 1.82) is 0 Å². The standard InChI is InChI=1S/C11H12N2O4S/c14-9-4-2-7(10(15)13-9)12-5-6-1-3-8(18-6)11(16)17/h1,3,7,12H,2,4-5H2,(H,16,17)(H,13,14,15). The summed E-state index contributed by atoms with van der Waals surface area (Å²) in [6, 6.07) is 2.86. The van der Waals surface area contributed by atoms with E-state index in [2.05, 4.69) is 10.6 Å². The maximum absolute atomic E-state index is 11.5. The average Bonchev–Trinajstić information content (AvgIpc) is 2.76. The molecule has 0 aliphatic carbocycles. The normalized spacial score (nSPS) is 19.7. The Morgan fingerprint density at radius 3 is 2.89 bits per heavy atom. The first-order valence-corrected chi connectivity index (χ1v) is 6.27. The van der Waals surface area contributed by atoms with Crippen molar-refractivity contribution in [3.05, 3.63) is 21.9 Å². The highest BCUT2D eigenvalue weighted by atomic mass is 32.1. The molecule has 1 atom stereocenters. The lowest BCUT2D eigenvalue weighted by molar-refractivity contribution is -0.134. The number of carbonyl (C=O) groups is 3. The predicted octanol–water partition coefficient (Wildman–Crippen LogP) is 0.341. The molecule has 0 spiro atoms. The zero-order valence-corrected chi connectivity index (χ0v) is 10.3. The summed E-state index contributed by atoms with van der Waals surface area (Å²) in [5.74, 6) is -1.52. The number of imide groups is 1. The molecule has 2 amide bonds. The van der Waals surface area contributed by atoms with Crippen LogP contribution in [0.2, 0.25) is 0 Å². The number of hydrogen-bond acceptors (Lipinski definition) is 5. The smallest absolute Gasteiger partial charge is 0.345 e. The fraction of sp³-hybridized carbons (Fsp3) is 0.364. The molecule has 96 valence electrons. The summed E-state index contributed by atoms with van der Waals surface area (Å²) in [4.78, 5) is 34.2. The third kappa shape index (κ3) is 2.93. The van der Waals surface area contributed by atoms with Gasteiger partial charge in [0.05, 0.1) is 6.04 Å². The molecular weight excluding hydrogens is 256 g/mol. The maximum Gasteiger partial charge on any atom is 0.345 e. The molecule has 1 aromatic heterocycles. The lowest BCUT2D eigenvalue weighted by Gasteiger charge is -2.21. The largest absolute Gasteiger partial charge is 0.477 e. The monoisotopic (exact) mass is 268 g/mol. The number of hydrogen-bond donors (Lipinski definition) is 3. The Bertz CT molecular complexity index is 497. The number of aromatic carboxylic acids is 1. The van der Waals surface area contributed by atoms with Gasteiger partial charge in [0, 0.05) is 17.8 Å². The fourth-order valence-electron chi connectivity index (χ4n) is 1.70. The highest BCUT2D eigenvalue weighted by molar-refractivity contribution is 7.13. The molecule has 2 heterocycles. The first-order valence-electron chi connectivity index (χ1n) is 5.45. The topological polar surface area (TPSA) is 95.5 Å². The summed E-state index contributed by atoms with van der Waals surface area (Å²) in [7, 11) is 0. The highest BCUT2D eigenvalue weighted by Gasteiger charge is 2.25. The van der Waals surface area contributed by atoms with Crippen molar-refractivity contribution in [3.8, 4) is 0 Å². The number of carboxylic acid groups (broad SMARTS) is 1. The van der Waals surface area contributed by atoms with Gasteiger partial charge in [-0.25, -0.2) is 4.79 Å². The number of nitrogens with one attached hydrogen (secondary N) is 2. The summed E-state index contributed by atoms with van der Waals surface area (Å²) in [5, 5.41) is 14.0. The van der Waals surface area contributed by atoms with E-state index in [1.54, 1.807) is 6.07 Å².